The van der Waals surface area contributed by atoms with E-state index in [9.17, 15) is 13.2 Å². The van der Waals surface area contributed by atoms with Crippen LogP contribution in [0.15, 0.2) is 83.8 Å². The van der Waals surface area contributed by atoms with Crippen molar-refractivity contribution in [3.63, 3.8) is 0 Å². The average Bonchev–Trinajstić information content (AvgIpc) is 2.76. The number of hydrogen-bond acceptors (Lipinski definition) is 3. The Bertz CT molecular complexity index is 1280. The molecule has 0 spiro atoms. The van der Waals surface area contributed by atoms with Crippen LogP contribution >= 0.6 is 0 Å². The summed E-state index contributed by atoms with van der Waals surface area (Å²) in [7, 11) is -2.59. The number of para-hydroxylation sites is 2. The summed E-state index contributed by atoms with van der Waals surface area (Å²) in [6.07, 6.45) is 0. The van der Waals surface area contributed by atoms with Crippen LogP contribution in [0.2, 0.25) is 0 Å². The quantitative estimate of drug-likeness (QED) is 0.632. The Labute approximate surface area is 183 Å². The van der Waals surface area contributed by atoms with Crippen LogP contribution in [-0.4, -0.2) is 21.4 Å². The Balaban J connectivity index is 1.96. The van der Waals surface area contributed by atoms with Crippen molar-refractivity contribution < 1.29 is 13.2 Å². The van der Waals surface area contributed by atoms with Crippen molar-refractivity contribution in [3.8, 4) is 0 Å². The first kappa shape index (κ1) is 20.9. The zero-order chi connectivity index (χ0) is 22.2. The van der Waals surface area contributed by atoms with E-state index in [1.165, 1.54) is 11.4 Å². The Kier molecular flexibility index (Phi) is 5.41. The van der Waals surface area contributed by atoms with Crippen LogP contribution in [0.3, 0.4) is 0 Å². The number of fused-ring (bicyclic) bond motifs is 1. The summed E-state index contributed by atoms with van der Waals surface area (Å²) in [5, 5.41) is 2.87. The highest BCUT2D eigenvalue weighted by Crippen LogP contribution is 2.42. The molecule has 0 fully saturated rings. The second-order valence-electron chi connectivity index (χ2n) is 7.76. The number of carbonyl (C=O) groups is 1. The van der Waals surface area contributed by atoms with Crippen LogP contribution < -0.4 is 9.62 Å². The molecular weight excluding hydrogens is 408 g/mol. The standard InChI is InChI=1S/C25H24N2O3S/c1-17(2)19-13-7-9-15-21(19)26-25(28)24-23(18-11-5-4-6-12-18)20-14-8-10-16-22(20)27(3)31(24,29)30/h4-17H,1-3H3,(H,26,28). The molecule has 3 aromatic rings. The van der Waals surface area contributed by atoms with E-state index in [-0.39, 0.29) is 10.8 Å². The molecule has 0 saturated carbocycles. The Morgan fingerprint density at radius 1 is 0.871 bits per heavy atom. The largest absolute Gasteiger partial charge is 0.321 e. The normalized spacial score (nSPS) is 15.0. The topological polar surface area (TPSA) is 66.5 Å². The molecule has 5 nitrogen and oxygen atoms in total. The number of benzene rings is 3. The lowest BCUT2D eigenvalue weighted by molar-refractivity contribution is -0.112. The fourth-order valence-corrected chi connectivity index (χ4v) is 5.36. The molecule has 3 aromatic carbocycles. The minimum absolute atomic E-state index is 0.172. The highest BCUT2D eigenvalue weighted by molar-refractivity contribution is 7.97. The number of anilines is 2. The number of rotatable bonds is 4. The minimum atomic E-state index is -4.06. The van der Waals surface area contributed by atoms with Gasteiger partial charge in [-0.3, -0.25) is 9.10 Å². The van der Waals surface area contributed by atoms with Crippen molar-refractivity contribution in [2.75, 3.05) is 16.7 Å². The van der Waals surface area contributed by atoms with Crippen LogP contribution in [0.4, 0.5) is 11.4 Å². The molecule has 4 rings (SSSR count). The van der Waals surface area contributed by atoms with Crippen molar-refractivity contribution in [2.24, 2.45) is 0 Å². The Morgan fingerprint density at radius 3 is 2.19 bits per heavy atom. The van der Waals surface area contributed by atoms with Crippen LogP contribution in [0, 0.1) is 0 Å². The molecule has 0 radical (unpaired) electrons. The molecule has 0 bridgehead atoms. The van der Waals surface area contributed by atoms with Gasteiger partial charge in [-0.25, -0.2) is 8.42 Å². The molecule has 6 heteroatoms. The summed E-state index contributed by atoms with van der Waals surface area (Å²) in [5.41, 5.74) is 3.88. The third-order valence-electron chi connectivity index (χ3n) is 5.46. The summed E-state index contributed by atoms with van der Waals surface area (Å²) in [5.74, 6) is -0.473. The lowest BCUT2D eigenvalue weighted by Crippen LogP contribution is -2.37. The van der Waals surface area contributed by atoms with Gasteiger partial charge < -0.3 is 5.32 Å². The minimum Gasteiger partial charge on any atom is -0.321 e. The maximum atomic E-state index is 13.5. The lowest BCUT2D eigenvalue weighted by atomic mass is 9.95. The van der Waals surface area contributed by atoms with Gasteiger partial charge in [-0.05, 0) is 29.2 Å². The summed E-state index contributed by atoms with van der Waals surface area (Å²) in [4.78, 5) is 13.3. The molecular formula is C25H24N2O3S. The highest BCUT2D eigenvalue weighted by Gasteiger charge is 2.39. The Morgan fingerprint density at radius 2 is 1.48 bits per heavy atom. The molecule has 158 valence electrons. The predicted molar refractivity (Wildman–Crippen MR) is 125 cm³/mol. The van der Waals surface area contributed by atoms with Crippen molar-refractivity contribution in [1.82, 2.24) is 0 Å². The maximum Gasteiger partial charge on any atom is 0.270 e. The fourth-order valence-electron chi connectivity index (χ4n) is 3.89. The number of hydrogen-bond donors (Lipinski definition) is 1. The van der Waals surface area contributed by atoms with Gasteiger partial charge in [0.15, 0.2) is 4.91 Å². The molecule has 1 N–H and O–H groups in total. The summed E-state index contributed by atoms with van der Waals surface area (Å²) in [6, 6.07) is 23.9. The number of sulfonamides is 1. The molecule has 1 aliphatic rings. The number of nitrogens with zero attached hydrogens (tertiary/aromatic N) is 1. The van der Waals surface area contributed by atoms with Gasteiger partial charge in [-0.2, -0.15) is 0 Å². The second kappa shape index (κ2) is 8.04. The maximum absolute atomic E-state index is 13.5. The molecule has 0 unspecified atom stereocenters. The third kappa shape index (κ3) is 3.64. The number of carbonyl (C=O) groups excluding carboxylic acids is 1. The molecule has 1 aliphatic heterocycles. The first-order valence-electron chi connectivity index (χ1n) is 10.1. The van der Waals surface area contributed by atoms with E-state index >= 15 is 0 Å². The summed E-state index contributed by atoms with van der Waals surface area (Å²) >= 11 is 0. The molecule has 0 saturated heterocycles. The van der Waals surface area contributed by atoms with E-state index in [0.29, 0.717) is 28.1 Å². The smallest absolute Gasteiger partial charge is 0.270 e. The zero-order valence-electron chi connectivity index (χ0n) is 17.7. The summed E-state index contributed by atoms with van der Waals surface area (Å²) < 4.78 is 28.2. The van der Waals surface area contributed by atoms with Crippen molar-refractivity contribution in [1.29, 1.82) is 0 Å². The fraction of sp³-hybridized carbons (Fsp3) is 0.160. The third-order valence-corrected chi connectivity index (χ3v) is 7.28. The summed E-state index contributed by atoms with van der Waals surface area (Å²) in [6.45, 7) is 4.06. The van der Waals surface area contributed by atoms with E-state index in [1.807, 2.05) is 74.5 Å². The molecule has 0 aromatic heterocycles. The van der Waals surface area contributed by atoms with Gasteiger partial charge in [-0.1, -0.05) is 80.6 Å². The van der Waals surface area contributed by atoms with Crippen LogP contribution in [-0.2, 0) is 14.8 Å². The molecule has 1 amide bonds. The zero-order valence-corrected chi connectivity index (χ0v) is 18.5. The van der Waals surface area contributed by atoms with Crippen molar-refractivity contribution in [2.45, 2.75) is 19.8 Å². The van der Waals surface area contributed by atoms with E-state index in [4.69, 9.17) is 0 Å². The van der Waals surface area contributed by atoms with Gasteiger partial charge in [-0.15, -0.1) is 0 Å². The predicted octanol–water partition coefficient (Wildman–Crippen LogP) is 4.99. The van der Waals surface area contributed by atoms with Gasteiger partial charge in [0.05, 0.1) is 5.69 Å². The van der Waals surface area contributed by atoms with Crippen LogP contribution in [0.5, 0.6) is 0 Å². The molecule has 0 aliphatic carbocycles. The Hall–Kier alpha value is -3.38. The second-order valence-corrected chi connectivity index (χ2v) is 9.66. The molecule has 1 heterocycles. The molecule has 0 atom stereocenters. The van der Waals surface area contributed by atoms with Gasteiger partial charge in [0, 0.05) is 23.9 Å². The van der Waals surface area contributed by atoms with Gasteiger partial charge >= 0.3 is 0 Å². The monoisotopic (exact) mass is 432 g/mol. The van der Waals surface area contributed by atoms with Gasteiger partial charge in [0.2, 0.25) is 0 Å². The number of nitrogens with one attached hydrogen (secondary N) is 1. The van der Waals surface area contributed by atoms with E-state index in [0.717, 1.165) is 5.56 Å². The van der Waals surface area contributed by atoms with Crippen molar-refractivity contribution in [3.05, 3.63) is 100 Å². The van der Waals surface area contributed by atoms with Crippen LogP contribution in [0.1, 0.15) is 36.5 Å². The van der Waals surface area contributed by atoms with Crippen molar-refractivity contribution >= 4 is 32.9 Å². The highest BCUT2D eigenvalue weighted by atomic mass is 32.2. The van der Waals surface area contributed by atoms with Gasteiger partial charge in [0.1, 0.15) is 0 Å². The van der Waals surface area contributed by atoms with E-state index in [1.54, 1.807) is 18.2 Å². The van der Waals surface area contributed by atoms with E-state index in [2.05, 4.69) is 5.32 Å². The van der Waals surface area contributed by atoms with Crippen LogP contribution in [0.25, 0.3) is 5.57 Å². The SMILES string of the molecule is CC(C)c1ccccc1NC(=O)C1=C(c2ccccc2)c2ccccc2N(C)S1(=O)=O. The van der Waals surface area contributed by atoms with Gasteiger partial charge in [0.25, 0.3) is 15.9 Å². The number of amides is 1. The first-order chi connectivity index (χ1) is 14.8. The van der Waals surface area contributed by atoms with E-state index < -0.39 is 15.9 Å². The lowest BCUT2D eigenvalue weighted by Gasteiger charge is -2.31. The first-order valence-corrected chi connectivity index (χ1v) is 11.5. The average molecular weight is 433 g/mol. The molecule has 31 heavy (non-hydrogen) atoms.